The van der Waals surface area contributed by atoms with Crippen molar-refractivity contribution in [3.63, 3.8) is 0 Å². The number of likely N-dealkylation sites (tertiary alicyclic amines) is 1. The molecule has 0 saturated carbocycles. The lowest BCUT2D eigenvalue weighted by Crippen LogP contribution is -2.41. The molecule has 2 fully saturated rings. The standard InChI is InChI=1S/C25H30BClN4O3/c1-24(2)25(3,4)34-26(33-24)19-6-5-7-20(21(19)27)30-23-22-17(8-10-28-23)12-16(13-29-22)14-31-11-9-18(32)15-31/h5-8,10,12-13,18,32H,9,11,14-15H2,1-4H3,(H,28,30). The van der Waals surface area contributed by atoms with Crippen molar-refractivity contribution in [2.45, 2.75) is 58.0 Å². The molecule has 0 aliphatic carbocycles. The molecule has 2 saturated heterocycles. The van der Waals surface area contributed by atoms with Crippen molar-refractivity contribution in [2.24, 2.45) is 0 Å². The van der Waals surface area contributed by atoms with Gasteiger partial charge in [0.1, 0.15) is 5.52 Å². The van der Waals surface area contributed by atoms with Crippen molar-refractivity contribution < 1.29 is 14.4 Å². The van der Waals surface area contributed by atoms with Gasteiger partial charge in [0, 0.05) is 42.9 Å². The summed E-state index contributed by atoms with van der Waals surface area (Å²) in [6.07, 6.45) is 4.24. The van der Waals surface area contributed by atoms with E-state index in [1.807, 2.05) is 58.2 Å². The number of β-amino-alcohol motifs (C(OH)–C–C–N with tert-alkyl or cyclic N) is 1. The van der Waals surface area contributed by atoms with E-state index in [1.54, 1.807) is 6.20 Å². The van der Waals surface area contributed by atoms with Crippen LogP contribution in [0.5, 0.6) is 0 Å². The summed E-state index contributed by atoms with van der Waals surface area (Å²) in [5.41, 5.74) is 2.47. The Balaban J connectivity index is 1.40. The maximum Gasteiger partial charge on any atom is 0.496 e. The van der Waals surface area contributed by atoms with E-state index in [1.165, 1.54) is 0 Å². The van der Waals surface area contributed by atoms with Gasteiger partial charge in [0.25, 0.3) is 0 Å². The molecule has 1 unspecified atom stereocenters. The number of hydrogen-bond acceptors (Lipinski definition) is 7. The summed E-state index contributed by atoms with van der Waals surface area (Å²) < 4.78 is 12.4. The first-order valence-electron chi connectivity index (χ1n) is 11.7. The van der Waals surface area contributed by atoms with Gasteiger partial charge in [-0.05, 0) is 57.9 Å². The molecule has 4 heterocycles. The van der Waals surface area contributed by atoms with Gasteiger partial charge in [0.05, 0.1) is 28.0 Å². The molecule has 1 atom stereocenters. The summed E-state index contributed by atoms with van der Waals surface area (Å²) in [6.45, 7) is 10.5. The Bertz CT molecular complexity index is 1210. The molecule has 2 aliphatic rings. The molecule has 5 rings (SSSR count). The van der Waals surface area contributed by atoms with Crippen LogP contribution < -0.4 is 10.8 Å². The number of benzene rings is 1. The lowest BCUT2D eigenvalue weighted by atomic mass is 9.79. The second-order valence-corrected chi connectivity index (χ2v) is 10.6. The summed E-state index contributed by atoms with van der Waals surface area (Å²) in [5.74, 6) is 0.633. The number of pyridine rings is 2. The first-order valence-corrected chi connectivity index (χ1v) is 12.1. The minimum Gasteiger partial charge on any atom is -0.399 e. The average Bonchev–Trinajstić information content (AvgIpc) is 3.27. The van der Waals surface area contributed by atoms with Crippen LogP contribution in [0.1, 0.15) is 39.7 Å². The first kappa shape index (κ1) is 23.5. The highest BCUT2D eigenvalue weighted by atomic mass is 35.5. The molecule has 1 aromatic carbocycles. The van der Waals surface area contributed by atoms with Crippen LogP contribution in [-0.2, 0) is 15.9 Å². The lowest BCUT2D eigenvalue weighted by Gasteiger charge is -2.32. The minimum atomic E-state index is -0.551. The third-order valence-corrected chi connectivity index (χ3v) is 7.52. The highest BCUT2D eigenvalue weighted by Crippen LogP contribution is 2.38. The van der Waals surface area contributed by atoms with E-state index in [9.17, 15) is 5.11 Å². The second-order valence-electron chi connectivity index (χ2n) is 10.2. The van der Waals surface area contributed by atoms with Gasteiger partial charge in [-0.2, -0.15) is 0 Å². The number of rotatable bonds is 5. The lowest BCUT2D eigenvalue weighted by molar-refractivity contribution is 0.00578. The Labute approximate surface area is 205 Å². The number of hydrogen-bond donors (Lipinski definition) is 2. The Hall–Kier alpha value is -2.23. The Kier molecular flexibility index (Phi) is 6.07. The molecule has 0 radical (unpaired) electrons. The predicted molar refractivity (Wildman–Crippen MR) is 136 cm³/mol. The summed E-state index contributed by atoms with van der Waals surface area (Å²) in [6, 6.07) is 9.84. The van der Waals surface area contributed by atoms with Crippen molar-refractivity contribution in [3.05, 3.63) is 53.3 Å². The van der Waals surface area contributed by atoms with E-state index in [2.05, 4.69) is 21.3 Å². The van der Waals surface area contributed by atoms with Gasteiger partial charge >= 0.3 is 7.12 Å². The molecule has 2 aliphatic heterocycles. The molecule has 178 valence electrons. The van der Waals surface area contributed by atoms with Crippen molar-refractivity contribution in [2.75, 3.05) is 18.4 Å². The number of nitrogens with one attached hydrogen (secondary N) is 1. The molecule has 0 spiro atoms. The van der Waals surface area contributed by atoms with Gasteiger partial charge < -0.3 is 19.7 Å². The van der Waals surface area contributed by atoms with E-state index in [-0.39, 0.29) is 6.10 Å². The summed E-state index contributed by atoms with van der Waals surface area (Å²) >= 11 is 6.81. The maximum atomic E-state index is 9.79. The number of anilines is 2. The molecule has 34 heavy (non-hydrogen) atoms. The number of aliphatic hydroxyl groups is 1. The molecular formula is C25H30BClN4O3. The molecule has 7 nitrogen and oxygen atoms in total. The Morgan fingerprint density at radius 2 is 1.94 bits per heavy atom. The molecule has 0 bridgehead atoms. The highest BCUT2D eigenvalue weighted by molar-refractivity contribution is 6.66. The molecule has 9 heteroatoms. The molecule has 3 aromatic rings. The highest BCUT2D eigenvalue weighted by Gasteiger charge is 2.52. The van der Waals surface area contributed by atoms with Crippen molar-refractivity contribution in [1.82, 2.24) is 14.9 Å². The average molecular weight is 481 g/mol. The van der Waals surface area contributed by atoms with Crippen molar-refractivity contribution in [3.8, 4) is 0 Å². The zero-order valence-electron chi connectivity index (χ0n) is 20.0. The Morgan fingerprint density at radius 3 is 2.65 bits per heavy atom. The van der Waals surface area contributed by atoms with Crippen molar-refractivity contribution >= 4 is 46.6 Å². The first-order chi connectivity index (χ1) is 16.1. The number of nitrogens with zero attached hydrogens (tertiary/aromatic N) is 3. The number of fused-ring (bicyclic) bond motifs is 1. The quantitative estimate of drug-likeness (QED) is 0.536. The Morgan fingerprint density at radius 1 is 1.18 bits per heavy atom. The van der Waals surface area contributed by atoms with Crippen LogP contribution in [0.15, 0.2) is 42.7 Å². The number of halogens is 1. The van der Waals surface area contributed by atoms with E-state index in [0.717, 1.165) is 41.4 Å². The predicted octanol–water partition coefficient (Wildman–Crippen LogP) is 3.89. The fourth-order valence-electron chi connectivity index (χ4n) is 4.42. The van der Waals surface area contributed by atoms with Gasteiger partial charge in [-0.25, -0.2) is 4.98 Å². The smallest absolute Gasteiger partial charge is 0.399 e. The molecule has 0 amide bonds. The molecule has 2 N–H and O–H groups in total. The van der Waals surface area contributed by atoms with E-state index >= 15 is 0 Å². The zero-order chi connectivity index (χ0) is 24.1. The number of aliphatic hydroxyl groups excluding tert-OH is 1. The molecule has 2 aromatic heterocycles. The van der Waals surface area contributed by atoms with Crippen LogP contribution in [0, 0.1) is 0 Å². The van der Waals surface area contributed by atoms with Crippen LogP contribution >= 0.6 is 11.6 Å². The van der Waals surface area contributed by atoms with Gasteiger partial charge in [-0.15, -0.1) is 0 Å². The SMILES string of the molecule is CC1(C)OB(c2cccc(Nc3nccc4cc(CN5CCC(O)C5)cnc34)c2Cl)OC1(C)C. The largest absolute Gasteiger partial charge is 0.496 e. The third-order valence-electron chi connectivity index (χ3n) is 7.10. The van der Waals surface area contributed by atoms with E-state index in [0.29, 0.717) is 23.1 Å². The van der Waals surface area contributed by atoms with Crippen LogP contribution in [0.3, 0.4) is 0 Å². The van der Waals surface area contributed by atoms with Crippen LogP contribution in [0.4, 0.5) is 11.5 Å². The van der Waals surface area contributed by atoms with Gasteiger partial charge in [-0.3, -0.25) is 9.88 Å². The molecular weight excluding hydrogens is 451 g/mol. The van der Waals surface area contributed by atoms with E-state index < -0.39 is 18.3 Å². The summed E-state index contributed by atoms with van der Waals surface area (Å²) in [5, 5.41) is 14.7. The van der Waals surface area contributed by atoms with Crippen LogP contribution in [-0.4, -0.2) is 57.5 Å². The third kappa shape index (κ3) is 4.41. The minimum absolute atomic E-state index is 0.230. The number of aromatic nitrogens is 2. The van der Waals surface area contributed by atoms with Crippen LogP contribution in [0.25, 0.3) is 10.9 Å². The monoisotopic (exact) mass is 480 g/mol. The second kappa shape index (κ2) is 8.77. The fourth-order valence-corrected chi connectivity index (χ4v) is 4.69. The van der Waals surface area contributed by atoms with Gasteiger partial charge in [0.2, 0.25) is 0 Å². The summed E-state index contributed by atoms with van der Waals surface area (Å²) in [4.78, 5) is 11.5. The topological polar surface area (TPSA) is 79.7 Å². The zero-order valence-corrected chi connectivity index (χ0v) is 20.8. The van der Waals surface area contributed by atoms with Crippen molar-refractivity contribution in [1.29, 1.82) is 0 Å². The van der Waals surface area contributed by atoms with E-state index in [4.69, 9.17) is 25.9 Å². The fraction of sp³-hybridized carbons (Fsp3) is 0.440. The maximum absolute atomic E-state index is 9.79. The summed E-state index contributed by atoms with van der Waals surface area (Å²) in [7, 11) is -0.551. The normalized spacial score (nSPS) is 21.9. The van der Waals surface area contributed by atoms with Gasteiger partial charge in [0.15, 0.2) is 5.82 Å². The van der Waals surface area contributed by atoms with Crippen LogP contribution in [0.2, 0.25) is 5.02 Å². The van der Waals surface area contributed by atoms with Gasteiger partial charge in [-0.1, -0.05) is 23.7 Å².